The lowest BCUT2D eigenvalue weighted by atomic mass is 10.1. The van der Waals surface area contributed by atoms with Gasteiger partial charge < -0.3 is 5.11 Å². The van der Waals surface area contributed by atoms with Crippen molar-refractivity contribution in [2.45, 2.75) is 72.3 Å². The van der Waals surface area contributed by atoms with Gasteiger partial charge >= 0.3 is 0 Å². The summed E-state index contributed by atoms with van der Waals surface area (Å²) in [5.41, 5.74) is 2.73. The van der Waals surface area contributed by atoms with Gasteiger partial charge in [-0.05, 0) is 59.3 Å². The summed E-state index contributed by atoms with van der Waals surface area (Å²) in [7, 11) is 0. The number of rotatable bonds is 10. The Balaban J connectivity index is 3.84. The van der Waals surface area contributed by atoms with E-state index in [4.69, 9.17) is 0 Å². The van der Waals surface area contributed by atoms with Crippen LogP contribution in [-0.4, -0.2) is 11.2 Å². The second-order valence-corrected chi connectivity index (χ2v) is 5.56. The number of allylic oxidation sites excluding steroid dienone is 6. The number of hydrogen-bond donors (Lipinski definition) is 1. The molecule has 0 spiro atoms. The summed E-state index contributed by atoms with van der Waals surface area (Å²) in [6.45, 7) is 8.54. The highest BCUT2D eigenvalue weighted by atomic mass is 16.3. The molecule has 0 aromatic rings. The third-order valence-corrected chi connectivity index (χ3v) is 3.06. The maximum absolute atomic E-state index is 9.85. The van der Waals surface area contributed by atoms with Crippen molar-refractivity contribution in [3.05, 3.63) is 47.6 Å². The zero-order chi connectivity index (χ0) is 15.2. The van der Waals surface area contributed by atoms with Crippen LogP contribution in [0.3, 0.4) is 0 Å². The minimum atomic E-state index is -0.344. The number of hydrogen-bond acceptors (Lipinski definition) is 1. The van der Waals surface area contributed by atoms with Crippen LogP contribution in [0, 0.1) is 0 Å². The average Bonchev–Trinajstić information content (AvgIpc) is 2.40. The van der Waals surface area contributed by atoms with Crippen LogP contribution < -0.4 is 0 Å². The molecule has 1 nitrogen and oxygen atoms in total. The molecule has 0 fully saturated rings. The maximum atomic E-state index is 9.85. The molecule has 0 bridgehead atoms. The Morgan fingerprint density at radius 3 is 2.30 bits per heavy atom. The summed E-state index contributed by atoms with van der Waals surface area (Å²) >= 11 is 0. The highest BCUT2D eigenvalue weighted by Gasteiger charge is 1.96. The Bertz CT molecular complexity index is 341. The van der Waals surface area contributed by atoms with Gasteiger partial charge in [-0.3, -0.25) is 0 Å². The van der Waals surface area contributed by atoms with Gasteiger partial charge in [-0.25, -0.2) is 0 Å². The first-order valence-electron chi connectivity index (χ1n) is 7.85. The quantitative estimate of drug-likeness (QED) is 0.399. The molecule has 1 unspecified atom stereocenters. The molecule has 1 heteroatoms. The first kappa shape index (κ1) is 18.9. The minimum Gasteiger partial charge on any atom is -0.389 e. The lowest BCUT2D eigenvalue weighted by molar-refractivity contribution is 0.226. The van der Waals surface area contributed by atoms with Crippen molar-refractivity contribution in [1.82, 2.24) is 0 Å². The van der Waals surface area contributed by atoms with E-state index in [0.717, 1.165) is 38.5 Å². The lowest BCUT2D eigenvalue weighted by Crippen LogP contribution is -1.99. The highest BCUT2D eigenvalue weighted by Crippen LogP contribution is 2.09. The largest absolute Gasteiger partial charge is 0.389 e. The minimum absolute atomic E-state index is 0.344. The maximum Gasteiger partial charge on any atom is 0.0755 e. The van der Waals surface area contributed by atoms with Crippen LogP contribution in [-0.2, 0) is 0 Å². The molecule has 0 aliphatic rings. The highest BCUT2D eigenvalue weighted by molar-refractivity contribution is 5.04. The molecule has 1 N–H and O–H groups in total. The summed E-state index contributed by atoms with van der Waals surface area (Å²) in [5, 5.41) is 9.85. The second-order valence-electron chi connectivity index (χ2n) is 5.56. The molecule has 0 heterocycles. The Hall–Kier alpha value is -1.08. The van der Waals surface area contributed by atoms with Crippen molar-refractivity contribution in [3.8, 4) is 0 Å². The van der Waals surface area contributed by atoms with Crippen LogP contribution in [0.4, 0.5) is 0 Å². The van der Waals surface area contributed by atoms with E-state index < -0.39 is 0 Å². The Morgan fingerprint density at radius 2 is 1.65 bits per heavy atom. The summed E-state index contributed by atoms with van der Waals surface area (Å²) in [5.74, 6) is 0. The van der Waals surface area contributed by atoms with Gasteiger partial charge in [0, 0.05) is 0 Å². The number of unbranched alkanes of at least 4 members (excludes halogenated alkanes) is 1. The van der Waals surface area contributed by atoms with Gasteiger partial charge in [0.15, 0.2) is 0 Å². The normalized spacial score (nSPS) is 14.2. The van der Waals surface area contributed by atoms with Gasteiger partial charge in [0.1, 0.15) is 0 Å². The molecule has 0 saturated heterocycles. The summed E-state index contributed by atoms with van der Waals surface area (Å²) in [6.07, 6.45) is 18.5. The Labute approximate surface area is 125 Å². The van der Waals surface area contributed by atoms with E-state index in [0.29, 0.717) is 0 Å². The molecule has 114 valence electrons. The predicted molar refractivity (Wildman–Crippen MR) is 90.9 cm³/mol. The second kappa shape index (κ2) is 12.9. The van der Waals surface area contributed by atoms with Crippen molar-refractivity contribution < 1.29 is 5.11 Å². The van der Waals surface area contributed by atoms with E-state index in [1.807, 2.05) is 6.08 Å². The number of aliphatic hydroxyl groups excluding tert-OH is 1. The lowest BCUT2D eigenvalue weighted by Gasteiger charge is -2.03. The molecule has 20 heavy (non-hydrogen) atoms. The SMILES string of the molecule is CCC=CCCC=CC(O)C/C=C(/C)CCC=C(C)C. The molecule has 0 aromatic heterocycles. The van der Waals surface area contributed by atoms with Crippen LogP contribution >= 0.6 is 0 Å². The zero-order valence-corrected chi connectivity index (χ0v) is 13.7. The molecule has 0 aromatic carbocycles. The molecule has 0 radical (unpaired) electrons. The fraction of sp³-hybridized carbons (Fsp3) is 0.579. The van der Waals surface area contributed by atoms with Gasteiger partial charge in [0.25, 0.3) is 0 Å². The molecular formula is C19H32O. The van der Waals surface area contributed by atoms with Crippen LogP contribution in [0.2, 0.25) is 0 Å². The predicted octanol–water partition coefficient (Wildman–Crippen LogP) is 5.73. The van der Waals surface area contributed by atoms with Crippen LogP contribution in [0.25, 0.3) is 0 Å². The molecule has 0 aliphatic heterocycles. The Morgan fingerprint density at radius 1 is 0.950 bits per heavy atom. The van der Waals surface area contributed by atoms with Crippen molar-refractivity contribution >= 4 is 0 Å². The fourth-order valence-electron chi connectivity index (χ4n) is 1.82. The topological polar surface area (TPSA) is 20.2 Å². The van der Waals surface area contributed by atoms with E-state index in [2.05, 4.69) is 58.1 Å². The van der Waals surface area contributed by atoms with Crippen molar-refractivity contribution in [2.24, 2.45) is 0 Å². The first-order chi connectivity index (χ1) is 9.56. The molecule has 0 rings (SSSR count). The van der Waals surface area contributed by atoms with E-state index in [-0.39, 0.29) is 6.10 Å². The summed E-state index contributed by atoms with van der Waals surface area (Å²) in [6, 6.07) is 0. The molecule has 0 saturated carbocycles. The first-order valence-corrected chi connectivity index (χ1v) is 7.85. The van der Waals surface area contributed by atoms with Gasteiger partial charge in [-0.1, -0.05) is 54.5 Å². The zero-order valence-electron chi connectivity index (χ0n) is 13.7. The van der Waals surface area contributed by atoms with Gasteiger partial charge in [-0.15, -0.1) is 0 Å². The van der Waals surface area contributed by atoms with E-state index in [1.54, 1.807) is 0 Å². The van der Waals surface area contributed by atoms with Crippen molar-refractivity contribution in [2.75, 3.05) is 0 Å². The van der Waals surface area contributed by atoms with E-state index in [9.17, 15) is 5.11 Å². The third kappa shape index (κ3) is 13.4. The van der Waals surface area contributed by atoms with Crippen molar-refractivity contribution in [1.29, 1.82) is 0 Å². The molecule has 0 amide bonds. The van der Waals surface area contributed by atoms with Crippen LogP contribution in [0.5, 0.6) is 0 Å². The summed E-state index contributed by atoms with van der Waals surface area (Å²) in [4.78, 5) is 0. The van der Waals surface area contributed by atoms with Crippen LogP contribution in [0.1, 0.15) is 66.2 Å². The van der Waals surface area contributed by atoms with Gasteiger partial charge in [0.2, 0.25) is 0 Å². The molecule has 1 atom stereocenters. The molecular weight excluding hydrogens is 244 g/mol. The monoisotopic (exact) mass is 276 g/mol. The third-order valence-electron chi connectivity index (χ3n) is 3.06. The Kier molecular flexibility index (Phi) is 12.2. The van der Waals surface area contributed by atoms with E-state index in [1.165, 1.54) is 11.1 Å². The van der Waals surface area contributed by atoms with Crippen LogP contribution in [0.15, 0.2) is 47.6 Å². The van der Waals surface area contributed by atoms with Gasteiger partial charge in [-0.2, -0.15) is 0 Å². The van der Waals surface area contributed by atoms with E-state index >= 15 is 0 Å². The molecule has 0 aliphatic carbocycles. The standard InChI is InChI=1S/C19H32O/c1-5-6-7-8-9-10-14-19(20)16-15-18(4)13-11-12-17(2)3/h6-7,10,12,14-15,19-20H,5,8-9,11,13,16H2,1-4H3/b7-6?,14-10?,18-15-. The number of aliphatic hydroxyl groups is 1. The van der Waals surface area contributed by atoms with Crippen molar-refractivity contribution in [3.63, 3.8) is 0 Å². The van der Waals surface area contributed by atoms with Gasteiger partial charge in [0.05, 0.1) is 6.10 Å². The smallest absolute Gasteiger partial charge is 0.0755 e. The summed E-state index contributed by atoms with van der Waals surface area (Å²) < 4.78 is 0. The average molecular weight is 276 g/mol. The fourth-order valence-corrected chi connectivity index (χ4v) is 1.82.